The van der Waals surface area contributed by atoms with Crippen LogP contribution < -0.4 is 0 Å². The van der Waals surface area contributed by atoms with Gasteiger partial charge in [0.1, 0.15) is 32.2 Å². The van der Waals surface area contributed by atoms with E-state index in [2.05, 4.69) is 20.6 Å². The predicted molar refractivity (Wildman–Crippen MR) is 166 cm³/mol. The van der Waals surface area contributed by atoms with Gasteiger partial charge >= 0.3 is 5.97 Å². The van der Waals surface area contributed by atoms with E-state index in [0.717, 1.165) is 16.7 Å². The van der Waals surface area contributed by atoms with Crippen molar-refractivity contribution in [3.63, 3.8) is 0 Å². The number of methoxy groups -OCH3 is 1. The molecular formula is C33H34N4O7. The fraction of sp³-hybridized carbons (Fsp3) is 0.273. The largest absolute Gasteiger partial charge is 0.464 e. The summed E-state index contributed by atoms with van der Waals surface area (Å²) in [7, 11) is 4.12. The molecule has 0 radical (unpaired) electrons. The Morgan fingerprint density at radius 2 is 1.50 bits per heavy atom. The maximum absolute atomic E-state index is 12.7. The van der Waals surface area contributed by atoms with E-state index in [1.54, 1.807) is 37.3 Å². The lowest BCUT2D eigenvalue weighted by atomic mass is 9.85. The number of ether oxygens (including phenoxy) is 1. The number of hydrogen-bond donors (Lipinski definition) is 0. The van der Waals surface area contributed by atoms with Gasteiger partial charge in [-0.2, -0.15) is 0 Å². The van der Waals surface area contributed by atoms with Gasteiger partial charge in [-0.15, -0.1) is 0 Å². The SMILES string of the molecule is CO/N=C(/C(=O)OC)C1=C(CO/N=C(C)/C(=N/OC)c2ccc(-c3cc(C(=O)c4ccccc4)no3)cc2)CC(C)=C(C)C1. The van der Waals surface area contributed by atoms with Crippen molar-refractivity contribution >= 4 is 28.9 Å². The van der Waals surface area contributed by atoms with Gasteiger partial charge in [-0.05, 0) is 44.8 Å². The molecule has 0 unspecified atom stereocenters. The van der Waals surface area contributed by atoms with Gasteiger partial charge in [-0.1, -0.05) is 86.4 Å². The van der Waals surface area contributed by atoms with Crippen LogP contribution in [0.3, 0.4) is 0 Å². The van der Waals surface area contributed by atoms with Crippen LogP contribution in [0.5, 0.6) is 0 Å². The summed E-state index contributed by atoms with van der Waals surface area (Å²) in [6.07, 6.45) is 1.11. The van der Waals surface area contributed by atoms with Crippen LogP contribution in [0, 0.1) is 0 Å². The molecular weight excluding hydrogens is 564 g/mol. The van der Waals surface area contributed by atoms with Crippen molar-refractivity contribution in [1.82, 2.24) is 5.16 Å². The molecule has 0 amide bonds. The number of carbonyl (C=O) groups excluding carboxylic acids is 2. The Hall–Kier alpha value is -5.32. The Labute approximate surface area is 255 Å². The topological polar surface area (TPSA) is 134 Å². The summed E-state index contributed by atoms with van der Waals surface area (Å²) in [4.78, 5) is 40.9. The second kappa shape index (κ2) is 14.7. The van der Waals surface area contributed by atoms with E-state index in [-0.39, 0.29) is 23.8 Å². The zero-order valence-corrected chi connectivity index (χ0v) is 25.5. The summed E-state index contributed by atoms with van der Waals surface area (Å²) in [6, 6.07) is 17.8. The van der Waals surface area contributed by atoms with Crippen LogP contribution >= 0.6 is 0 Å². The highest BCUT2D eigenvalue weighted by Crippen LogP contribution is 2.31. The number of aromatic nitrogens is 1. The van der Waals surface area contributed by atoms with Crippen molar-refractivity contribution in [2.75, 3.05) is 27.9 Å². The highest BCUT2D eigenvalue weighted by atomic mass is 16.6. The van der Waals surface area contributed by atoms with E-state index in [9.17, 15) is 9.59 Å². The quantitative estimate of drug-likeness (QED) is 0.0825. The summed E-state index contributed by atoms with van der Waals surface area (Å²) in [6.45, 7) is 5.92. The van der Waals surface area contributed by atoms with Gasteiger partial charge in [-0.3, -0.25) is 4.79 Å². The van der Waals surface area contributed by atoms with Gasteiger partial charge in [0.25, 0.3) is 0 Å². The maximum Gasteiger partial charge on any atom is 0.360 e. The molecule has 0 N–H and O–H groups in total. The number of rotatable bonds is 12. The first-order chi connectivity index (χ1) is 21.3. The van der Waals surface area contributed by atoms with Gasteiger partial charge in [0.15, 0.2) is 17.2 Å². The van der Waals surface area contributed by atoms with Gasteiger partial charge in [0.2, 0.25) is 5.78 Å². The summed E-state index contributed by atoms with van der Waals surface area (Å²) >= 11 is 0. The fourth-order valence-electron chi connectivity index (χ4n) is 4.63. The van der Waals surface area contributed by atoms with Gasteiger partial charge in [0.05, 0.1) is 7.11 Å². The fourth-order valence-corrected chi connectivity index (χ4v) is 4.63. The van der Waals surface area contributed by atoms with E-state index in [1.165, 1.54) is 26.9 Å². The van der Waals surface area contributed by atoms with Gasteiger partial charge in [0, 0.05) is 22.8 Å². The highest BCUT2D eigenvalue weighted by molar-refractivity contribution is 6.47. The molecule has 228 valence electrons. The van der Waals surface area contributed by atoms with Crippen molar-refractivity contribution in [1.29, 1.82) is 0 Å². The van der Waals surface area contributed by atoms with Crippen LogP contribution in [-0.2, 0) is 24.0 Å². The summed E-state index contributed by atoms with van der Waals surface area (Å²) in [5.41, 5.74) is 7.08. The molecule has 44 heavy (non-hydrogen) atoms. The van der Waals surface area contributed by atoms with Crippen LogP contribution in [0.1, 0.15) is 55.2 Å². The monoisotopic (exact) mass is 598 g/mol. The van der Waals surface area contributed by atoms with Crippen LogP contribution in [-0.4, -0.2) is 62.0 Å². The number of allylic oxidation sites excluding steroid dienone is 2. The Morgan fingerprint density at radius 3 is 2.16 bits per heavy atom. The van der Waals surface area contributed by atoms with E-state index in [1.807, 2.05) is 44.2 Å². The molecule has 0 bridgehead atoms. The molecule has 0 fully saturated rings. The standard InChI is InChI=1S/C33H34N4O7/c1-20-16-26(27(17-21(20)2)31(37-42-6)33(39)40-4)19-43-34-22(3)30(36-41-5)24-14-12-23(13-15-24)29-18-28(35-44-29)32(38)25-10-8-7-9-11-25/h7-15,18H,16-17,19H2,1-6H3/b34-22+,36-30-,37-31+. The maximum atomic E-state index is 12.7. The summed E-state index contributed by atoms with van der Waals surface area (Å²) < 4.78 is 10.4. The molecule has 4 rings (SSSR count). The molecule has 1 aliphatic carbocycles. The summed E-state index contributed by atoms with van der Waals surface area (Å²) in [5.74, 6) is -0.355. The zero-order valence-electron chi connectivity index (χ0n) is 25.5. The van der Waals surface area contributed by atoms with E-state index in [4.69, 9.17) is 23.8 Å². The number of oxime groups is 3. The Bertz CT molecular complexity index is 1660. The molecule has 0 saturated heterocycles. The second-order valence-corrected chi connectivity index (χ2v) is 10.0. The molecule has 0 atom stereocenters. The Kier molecular flexibility index (Phi) is 10.6. The molecule has 2 aromatic carbocycles. The van der Waals surface area contributed by atoms with E-state index in [0.29, 0.717) is 46.7 Å². The van der Waals surface area contributed by atoms with Crippen molar-refractivity contribution in [3.8, 4) is 11.3 Å². The molecule has 11 nitrogen and oxygen atoms in total. The first-order valence-electron chi connectivity index (χ1n) is 13.8. The molecule has 1 aliphatic rings. The van der Waals surface area contributed by atoms with Gasteiger partial charge in [-0.25, -0.2) is 4.79 Å². The summed E-state index contributed by atoms with van der Waals surface area (Å²) in [5, 5.41) is 16.3. The zero-order chi connectivity index (χ0) is 31.6. The number of ketones is 1. The molecule has 1 aromatic heterocycles. The van der Waals surface area contributed by atoms with Crippen LogP contribution in [0.4, 0.5) is 0 Å². The normalized spacial score (nSPS) is 14.5. The smallest absolute Gasteiger partial charge is 0.360 e. The minimum Gasteiger partial charge on any atom is -0.464 e. The molecule has 3 aromatic rings. The lowest BCUT2D eigenvalue weighted by Crippen LogP contribution is -2.23. The molecule has 0 spiro atoms. The van der Waals surface area contributed by atoms with Crippen molar-refractivity contribution in [2.24, 2.45) is 15.5 Å². The van der Waals surface area contributed by atoms with Crippen LogP contribution in [0.2, 0.25) is 0 Å². The Balaban J connectivity index is 1.51. The lowest BCUT2D eigenvalue weighted by molar-refractivity contribution is -0.132. The minimum atomic E-state index is -0.589. The Morgan fingerprint density at radius 1 is 0.841 bits per heavy atom. The molecule has 1 heterocycles. The van der Waals surface area contributed by atoms with Crippen LogP contribution in [0.15, 0.2) is 103 Å². The van der Waals surface area contributed by atoms with Crippen molar-refractivity contribution in [2.45, 2.75) is 33.6 Å². The van der Waals surface area contributed by atoms with Crippen LogP contribution in [0.25, 0.3) is 11.3 Å². The third-order valence-electron chi connectivity index (χ3n) is 7.11. The molecule has 0 aliphatic heterocycles. The first kappa shape index (κ1) is 31.6. The predicted octanol–water partition coefficient (Wildman–Crippen LogP) is 5.92. The van der Waals surface area contributed by atoms with Gasteiger partial charge < -0.3 is 23.8 Å². The highest BCUT2D eigenvalue weighted by Gasteiger charge is 2.26. The number of esters is 1. The van der Waals surface area contributed by atoms with Crippen molar-refractivity contribution in [3.05, 3.63) is 99.8 Å². The third kappa shape index (κ3) is 7.35. The van der Waals surface area contributed by atoms with Crippen molar-refractivity contribution < 1.29 is 33.4 Å². The molecule has 0 saturated carbocycles. The number of hydrogen-bond acceptors (Lipinski definition) is 11. The third-order valence-corrected chi connectivity index (χ3v) is 7.11. The first-order valence-corrected chi connectivity index (χ1v) is 13.8. The van der Waals surface area contributed by atoms with E-state index >= 15 is 0 Å². The average molecular weight is 599 g/mol. The average Bonchev–Trinajstić information content (AvgIpc) is 3.54. The lowest BCUT2D eigenvalue weighted by Gasteiger charge is -2.22. The number of carbonyl (C=O) groups is 2. The number of nitrogens with zero attached hydrogens (tertiary/aromatic N) is 4. The molecule has 11 heteroatoms. The number of benzene rings is 2. The minimum absolute atomic E-state index is 0.103. The second-order valence-electron chi connectivity index (χ2n) is 10.0. The van der Waals surface area contributed by atoms with E-state index < -0.39 is 5.97 Å².